The first-order valence-corrected chi connectivity index (χ1v) is 8.43. The van der Waals surface area contributed by atoms with Crippen molar-refractivity contribution in [2.45, 2.75) is 49.8 Å². The Balaban J connectivity index is 1.56. The van der Waals surface area contributed by atoms with Gasteiger partial charge in [0.15, 0.2) is 0 Å². The van der Waals surface area contributed by atoms with E-state index in [-0.39, 0.29) is 17.9 Å². The third-order valence-electron chi connectivity index (χ3n) is 4.73. The smallest absolute Gasteiger partial charge is 0.240 e. The van der Waals surface area contributed by atoms with E-state index >= 15 is 0 Å². The van der Waals surface area contributed by atoms with Gasteiger partial charge in [-0.15, -0.1) is 0 Å². The molecule has 0 radical (unpaired) electrons. The Morgan fingerprint density at radius 3 is 2.60 bits per heavy atom. The topological polar surface area (TPSA) is 81.1 Å². The zero-order valence-corrected chi connectivity index (χ0v) is 12.3. The number of amides is 1. The van der Waals surface area contributed by atoms with E-state index < -0.39 is 14.8 Å². The molecular formula is C13H19N3O3S. The summed E-state index contributed by atoms with van der Waals surface area (Å²) in [6.07, 6.45) is 8.83. The maximum Gasteiger partial charge on any atom is 0.240 e. The molecule has 2 fully saturated rings. The second kappa shape index (κ2) is 4.58. The SMILES string of the molecule is CC1(S(=O)(=O)NC(=O)C2CC(n3ccnc3)C2)CCC1. The predicted molar refractivity (Wildman–Crippen MR) is 73.3 cm³/mol. The second-order valence-electron chi connectivity index (χ2n) is 6.11. The fourth-order valence-corrected chi connectivity index (χ4v) is 4.32. The van der Waals surface area contributed by atoms with E-state index in [1.54, 1.807) is 19.4 Å². The van der Waals surface area contributed by atoms with Crippen LogP contribution in [0.1, 0.15) is 45.1 Å². The fourth-order valence-electron chi connectivity index (χ4n) is 2.81. The number of imidazole rings is 1. The van der Waals surface area contributed by atoms with Crippen LogP contribution >= 0.6 is 0 Å². The van der Waals surface area contributed by atoms with Crippen molar-refractivity contribution in [3.05, 3.63) is 18.7 Å². The van der Waals surface area contributed by atoms with E-state index in [9.17, 15) is 13.2 Å². The minimum absolute atomic E-state index is 0.208. The largest absolute Gasteiger partial charge is 0.334 e. The first-order valence-electron chi connectivity index (χ1n) is 6.95. The van der Waals surface area contributed by atoms with Crippen molar-refractivity contribution >= 4 is 15.9 Å². The molecule has 2 saturated carbocycles. The van der Waals surface area contributed by atoms with Crippen LogP contribution in [0.15, 0.2) is 18.7 Å². The Kier molecular flexibility index (Phi) is 3.12. The molecule has 1 heterocycles. The maximum absolute atomic E-state index is 12.2. The lowest BCUT2D eigenvalue weighted by Gasteiger charge is -2.39. The summed E-state index contributed by atoms with van der Waals surface area (Å²) in [4.78, 5) is 16.0. The van der Waals surface area contributed by atoms with E-state index in [1.807, 2.05) is 10.8 Å². The molecule has 2 aliphatic rings. The van der Waals surface area contributed by atoms with Gasteiger partial charge in [-0.3, -0.25) is 9.52 Å². The molecule has 1 amide bonds. The number of hydrogen-bond donors (Lipinski definition) is 1. The van der Waals surface area contributed by atoms with E-state index in [0.717, 1.165) is 6.42 Å². The van der Waals surface area contributed by atoms with Crippen LogP contribution in [0, 0.1) is 5.92 Å². The van der Waals surface area contributed by atoms with Gasteiger partial charge in [-0.1, -0.05) is 6.42 Å². The summed E-state index contributed by atoms with van der Waals surface area (Å²) in [5, 5.41) is 0. The molecule has 1 aromatic rings. The van der Waals surface area contributed by atoms with Gasteiger partial charge < -0.3 is 4.57 Å². The molecule has 0 saturated heterocycles. The molecule has 3 rings (SSSR count). The van der Waals surface area contributed by atoms with Crippen LogP contribution in [0.4, 0.5) is 0 Å². The summed E-state index contributed by atoms with van der Waals surface area (Å²) in [6, 6.07) is 0.259. The van der Waals surface area contributed by atoms with Gasteiger partial charge in [0.25, 0.3) is 0 Å². The average molecular weight is 297 g/mol. The van der Waals surface area contributed by atoms with Crippen LogP contribution < -0.4 is 4.72 Å². The van der Waals surface area contributed by atoms with E-state index in [1.165, 1.54) is 0 Å². The first-order chi connectivity index (χ1) is 9.41. The molecule has 0 atom stereocenters. The minimum atomic E-state index is -3.53. The lowest BCUT2D eigenvalue weighted by molar-refractivity contribution is -0.126. The van der Waals surface area contributed by atoms with E-state index in [0.29, 0.717) is 25.7 Å². The number of carbonyl (C=O) groups excluding carboxylic acids is 1. The Morgan fingerprint density at radius 2 is 2.10 bits per heavy atom. The number of carbonyl (C=O) groups is 1. The molecule has 110 valence electrons. The quantitative estimate of drug-likeness (QED) is 0.906. The molecule has 2 aliphatic carbocycles. The summed E-state index contributed by atoms with van der Waals surface area (Å²) < 4.78 is 27.8. The average Bonchev–Trinajstić information content (AvgIpc) is 2.76. The Bertz CT molecular complexity index is 599. The van der Waals surface area contributed by atoms with Crippen molar-refractivity contribution in [2.24, 2.45) is 5.92 Å². The third-order valence-corrected chi connectivity index (χ3v) is 6.90. The Hall–Kier alpha value is -1.37. The number of hydrogen-bond acceptors (Lipinski definition) is 4. The van der Waals surface area contributed by atoms with Crippen molar-refractivity contribution in [3.63, 3.8) is 0 Å². The van der Waals surface area contributed by atoms with Crippen LogP contribution in [0.2, 0.25) is 0 Å². The highest BCUT2D eigenvalue weighted by atomic mass is 32.2. The van der Waals surface area contributed by atoms with Gasteiger partial charge in [-0.05, 0) is 32.6 Å². The number of nitrogens with one attached hydrogen (secondary N) is 1. The summed E-state index contributed by atoms with van der Waals surface area (Å²) in [7, 11) is -3.53. The molecule has 6 nitrogen and oxygen atoms in total. The van der Waals surface area contributed by atoms with Gasteiger partial charge in [0.05, 0.1) is 11.1 Å². The highest BCUT2D eigenvalue weighted by Crippen LogP contribution is 2.40. The van der Waals surface area contributed by atoms with Crippen LogP contribution in [0.25, 0.3) is 0 Å². The monoisotopic (exact) mass is 297 g/mol. The van der Waals surface area contributed by atoms with Crippen molar-refractivity contribution in [1.29, 1.82) is 0 Å². The Labute approximate surface area is 118 Å². The highest BCUT2D eigenvalue weighted by Gasteiger charge is 2.47. The summed E-state index contributed by atoms with van der Waals surface area (Å²) in [5.74, 6) is -0.560. The van der Waals surface area contributed by atoms with Gasteiger partial charge in [-0.2, -0.15) is 0 Å². The molecule has 0 spiro atoms. The van der Waals surface area contributed by atoms with Crippen molar-refractivity contribution in [3.8, 4) is 0 Å². The van der Waals surface area contributed by atoms with Crippen molar-refractivity contribution in [2.75, 3.05) is 0 Å². The summed E-state index contributed by atoms with van der Waals surface area (Å²) >= 11 is 0. The number of sulfonamides is 1. The zero-order chi connectivity index (χ0) is 14.4. The Morgan fingerprint density at radius 1 is 1.40 bits per heavy atom. The molecule has 1 aromatic heterocycles. The maximum atomic E-state index is 12.2. The number of aromatic nitrogens is 2. The van der Waals surface area contributed by atoms with Crippen molar-refractivity contribution < 1.29 is 13.2 Å². The van der Waals surface area contributed by atoms with Crippen molar-refractivity contribution in [1.82, 2.24) is 14.3 Å². The highest BCUT2D eigenvalue weighted by molar-refractivity contribution is 7.91. The van der Waals surface area contributed by atoms with Crippen LogP contribution in [-0.4, -0.2) is 28.6 Å². The second-order valence-corrected chi connectivity index (χ2v) is 8.30. The molecule has 1 N–H and O–H groups in total. The lowest BCUT2D eigenvalue weighted by Crippen LogP contribution is -2.52. The minimum Gasteiger partial charge on any atom is -0.334 e. The van der Waals surface area contributed by atoms with Gasteiger partial charge in [0.2, 0.25) is 15.9 Å². The fraction of sp³-hybridized carbons (Fsp3) is 0.692. The summed E-state index contributed by atoms with van der Waals surface area (Å²) in [6.45, 7) is 1.71. The first kappa shape index (κ1) is 13.6. The molecule has 0 unspecified atom stereocenters. The molecule has 0 aliphatic heterocycles. The number of nitrogens with zero attached hydrogens (tertiary/aromatic N) is 2. The van der Waals surface area contributed by atoms with Gasteiger partial charge >= 0.3 is 0 Å². The normalized spacial score (nSPS) is 28.2. The number of rotatable bonds is 4. The molecule has 7 heteroatoms. The predicted octanol–water partition coefficient (Wildman–Crippen LogP) is 1.22. The zero-order valence-electron chi connectivity index (χ0n) is 11.4. The summed E-state index contributed by atoms with van der Waals surface area (Å²) in [5.41, 5.74) is 0. The van der Waals surface area contributed by atoms with Gasteiger partial charge in [-0.25, -0.2) is 13.4 Å². The van der Waals surface area contributed by atoms with Crippen LogP contribution in [0.5, 0.6) is 0 Å². The third kappa shape index (κ3) is 2.13. The van der Waals surface area contributed by atoms with E-state index in [2.05, 4.69) is 9.71 Å². The van der Waals surface area contributed by atoms with Crippen LogP contribution in [0.3, 0.4) is 0 Å². The lowest BCUT2D eigenvalue weighted by atomic mass is 9.80. The van der Waals surface area contributed by atoms with E-state index in [4.69, 9.17) is 0 Å². The van der Waals surface area contributed by atoms with Gasteiger partial charge in [0.1, 0.15) is 0 Å². The molecular weight excluding hydrogens is 278 g/mol. The van der Waals surface area contributed by atoms with Crippen LogP contribution in [-0.2, 0) is 14.8 Å². The standard InChI is InChI=1S/C13H19N3O3S/c1-13(3-2-4-13)20(18,19)15-12(17)10-7-11(8-10)16-6-5-14-9-16/h5-6,9-11H,2-4,7-8H2,1H3,(H,15,17). The molecule has 0 bridgehead atoms. The molecule has 0 aromatic carbocycles. The molecule has 20 heavy (non-hydrogen) atoms. The van der Waals surface area contributed by atoms with Gasteiger partial charge in [0, 0.05) is 24.4 Å².